The number of hydrogen-bond donors (Lipinski definition) is 2. The molecule has 3 aliphatic rings. The van der Waals surface area contributed by atoms with E-state index in [0.29, 0.717) is 55.5 Å². The second-order valence-corrected chi connectivity index (χ2v) is 13.2. The summed E-state index contributed by atoms with van der Waals surface area (Å²) < 4.78 is 6.37. The number of likely N-dealkylation sites (tertiary alicyclic amines) is 1. The summed E-state index contributed by atoms with van der Waals surface area (Å²) in [6.45, 7) is 11.1. The SMILES string of the molecule is C=C(C(=O)O)C1C2CC[C@@H]1CN(c1nc(-c3cc(C)ccc3OCc3ccc(C(=O)N4CCC(O)CC4)cc3C)cs1)C2. The average Bonchev–Trinajstić information content (AvgIpc) is 3.59. The molecule has 2 aliphatic heterocycles. The van der Waals surface area contributed by atoms with Gasteiger partial charge in [-0.15, -0.1) is 11.3 Å². The lowest BCUT2D eigenvalue weighted by atomic mass is 9.80. The molecule has 0 spiro atoms. The Bertz CT molecular complexity index is 1530. The lowest BCUT2D eigenvalue weighted by Gasteiger charge is -2.38. The summed E-state index contributed by atoms with van der Waals surface area (Å²) in [6.07, 6.45) is 3.00. The van der Waals surface area contributed by atoms with Crippen LogP contribution in [0.2, 0.25) is 0 Å². The number of aromatic nitrogens is 1. The number of piperidine rings is 2. The van der Waals surface area contributed by atoms with Crippen molar-refractivity contribution in [2.24, 2.45) is 17.8 Å². The second kappa shape index (κ2) is 12.1. The van der Waals surface area contributed by atoms with Crippen LogP contribution in [0.25, 0.3) is 11.3 Å². The van der Waals surface area contributed by atoms with E-state index in [1.165, 1.54) is 0 Å². The van der Waals surface area contributed by atoms with Crippen molar-refractivity contribution < 1.29 is 24.5 Å². The molecule has 0 radical (unpaired) electrons. The molecule has 2 bridgehead atoms. The van der Waals surface area contributed by atoms with E-state index in [1.807, 2.05) is 42.2 Å². The van der Waals surface area contributed by atoms with Gasteiger partial charge in [-0.1, -0.05) is 24.3 Å². The van der Waals surface area contributed by atoms with E-state index in [2.05, 4.69) is 29.8 Å². The van der Waals surface area contributed by atoms with Gasteiger partial charge in [0.25, 0.3) is 5.91 Å². The topological polar surface area (TPSA) is 103 Å². The van der Waals surface area contributed by atoms with Gasteiger partial charge < -0.3 is 24.7 Å². The molecule has 2 saturated heterocycles. The molecule has 3 heterocycles. The Hall–Kier alpha value is -3.69. The fraction of sp³-hybridized carbons (Fsp3) is 0.441. The summed E-state index contributed by atoms with van der Waals surface area (Å²) >= 11 is 1.62. The Morgan fingerprint density at radius 2 is 1.77 bits per heavy atom. The molecule has 3 fully saturated rings. The van der Waals surface area contributed by atoms with E-state index in [1.54, 1.807) is 11.3 Å². The number of hydrogen-bond acceptors (Lipinski definition) is 7. The maximum absolute atomic E-state index is 13.0. The average molecular weight is 602 g/mol. The van der Waals surface area contributed by atoms with E-state index in [9.17, 15) is 19.8 Å². The molecule has 1 aromatic heterocycles. The zero-order valence-electron chi connectivity index (χ0n) is 24.8. The first-order chi connectivity index (χ1) is 20.7. The number of aryl methyl sites for hydroxylation is 2. The zero-order valence-corrected chi connectivity index (χ0v) is 25.6. The van der Waals surface area contributed by atoms with Gasteiger partial charge in [-0.3, -0.25) is 4.79 Å². The number of nitrogens with zero attached hydrogens (tertiary/aromatic N) is 3. The number of carbonyl (C=O) groups excluding carboxylic acids is 1. The molecule has 1 aliphatic carbocycles. The molecule has 8 nitrogen and oxygen atoms in total. The van der Waals surface area contributed by atoms with Crippen LogP contribution in [0.3, 0.4) is 0 Å². The van der Waals surface area contributed by atoms with Crippen LogP contribution in [0.15, 0.2) is 53.9 Å². The molecule has 2 aromatic carbocycles. The van der Waals surface area contributed by atoms with Gasteiger partial charge in [0, 0.05) is 48.3 Å². The maximum atomic E-state index is 13.0. The summed E-state index contributed by atoms with van der Waals surface area (Å²) in [6, 6.07) is 11.9. The first kappa shape index (κ1) is 29.4. The molecule has 2 N–H and O–H groups in total. The molecule has 3 aromatic rings. The zero-order chi connectivity index (χ0) is 30.2. The van der Waals surface area contributed by atoms with Crippen molar-refractivity contribution in [3.63, 3.8) is 0 Å². The molecule has 9 heteroatoms. The van der Waals surface area contributed by atoms with Crippen molar-refractivity contribution in [1.82, 2.24) is 9.88 Å². The molecule has 2 unspecified atom stereocenters. The fourth-order valence-electron chi connectivity index (χ4n) is 6.99. The van der Waals surface area contributed by atoms with Gasteiger partial charge in [-0.05, 0) is 92.7 Å². The molecule has 1 saturated carbocycles. The second-order valence-electron chi connectivity index (χ2n) is 12.3. The van der Waals surface area contributed by atoms with Crippen molar-refractivity contribution in [2.75, 3.05) is 31.1 Å². The lowest BCUT2D eigenvalue weighted by molar-refractivity contribution is -0.133. The quantitative estimate of drug-likeness (QED) is 0.319. The van der Waals surface area contributed by atoms with Gasteiger partial charge in [0.1, 0.15) is 12.4 Å². The number of carboxylic acid groups (broad SMARTS) is 1. The first-order valence-electron chi connectivity index (χ1n) is 15.1. The molecule has 1 amide bonds. The Morgan fingerprint density at radius 1 is 1.05 bits per heavy atom. The number of aliphatic carboxylic acids is 1. The summed E-state index contributed by atoms with van der Waals surface area (Å²) in [5.41, 5.74) is 5.95. The van der Waals surface area contributed by atoms with Crippen LogP contribution in [0.1, 0.15) is 52.7 Å². The summed E-state index contributed by atoms with van der Waals surface area (Å²) in [5.74, 6) is 0.532. The highest BCUT2D eigenvalue weighted by Crippen LogP contribution is 2.47. The van der Waals surface area contributed by atoms with Crippen LogP contribution in [0.5, 0.6) is 5.75 Å². The van der Waals surface area contributed by atoms with Crippen LogP contribution in [0, 0.1) is 31.6 Å². The van der Waals surface area contributed by atoms with Gasteiger partial charge in [-0.25, -0.2) is 9.78 Å². The minimum atomic E-state index is -0.877. The van der Waals surface area contributed by atoms with Gasteiger partial charge in [-0.2, -0.15) is 0 Å². The molecule has 3 atom stereocenters. The van der Waals surface area contributed by atoms with Crippen molar-refractivity contribution in [2.45, 2.75) is 52.2 Å². The maximum Gasteiger partial charge on any atom is 0.331 e. The van der Waals surface area contributed by atoms with E-state index in [4.69, 9.17) is 9.72 Å². The number of rotatable bonds is 8. The van der Waals surface area contributed by atoms with E-state index in [0.717, 1.165) is 64.8 Å². The van der Waals surface area contributed by atoms with Gasteiger partial charge >= 0.3 is 5.97 Å². The Balaban J connectivity index is 1.14. The van der Waals surface area contributed by atoms with Gasteiger partial charge in [0.05, 0.1) is 11.8 Å². The number of fused-ring (bicyclic) bond motifs is 2. The Labute approximate surface area is 256 Å². The lowest BCUT2D eigenvalue weighted by Crippen LogP contribution is -2.43. The minimum absolute atomic E-state index is 0.00618. The van der Waals surface area contributed by atoms with Crippen molar-refractivity contribution in [3.05, 3.63) is 76.2 Å². The molecular formula is C34H39N3O5S. The van der Waals surface area contributed by atoms with Gasteiger partial charge in [0.15, 0.2) is 5.13 Å². The third-order valence-electron chi connectivity index (χ3n) is 9.41. The smallest absolute Gasteiger partial charge is 0.331 e. The minimum Gasteiger partial charge on any atom is -0.488 e. The van der Waals surface area contributed by atoms with E-state index in [-0.39, 0.29) is 17.9 Å². The van der Waals surface area contributed by atoms with Crippen LogP contribution >= 0.6 is 11.3 Å². The number of amides is 1. The van der Waals surface area contributed by atoms with Crippen molar-refractivity contribution in [1.29, 1.82) is 0 Å². The van der Waals surface area contributed by atoms with E-state index < -0.39 is 5.97 Å². The summed E-state index contributed by atoms with van der Waals surface area (Å²) in [7, 11) is 0. The molecular weight excluding hydrogens is 562 g/mol. The third-order valence-corrected chi connectivity index (χ3v) is 10.3. The Kier molecular flexibility index (Phi) is 8.29. The summed E-state index contributed by atoms with van der Waals surface area (Å²) in [4.78, 5) is 33.8. The highest BCUT2D eigenvalue weighted by Gasteiger charge is 2.45. The van der Waals surface area contributed by atoms with E-state index >= 15 is 0 Å². The normalized spacial score (nSPS) is 22.1. The number of aliphatic hydroxyl groups is 1. The monoisotopic (exact) mass is 601 g/mol. The highest BCUT2D eigenvalue weighted by atomic mass is 32.1. The number of anilines is 1. The number of benzene rings is 2. The van der Waals surface area contributed by atoms with Crippen LogP contribution < -0.4 is 9.64 Å². The standard InChI is InChI=1S/C34H39N3O5S/c1-20-4-9-30(42-18-26-8-5-23(15-21(26)2)32(39)36-12-10-27(38)11-13-36)28(14-20)29-19-43-34(35-29)37-16-24-6-7-25(17-37)31(24)22(3)33(40)41/h4-5,8-9,14-15,19,24-25,27,31,38H,3,6-7,10-13,16-18H2,1-2H3,(H,40,41)/t24-,25?,31?/m1/s1. The van der Waals surface area contributed by atoms with Crippen molar-refractivity contribution >= 4 is 28.3 Å². The molecule has 226 valence electrons. The third kappa shape index (κ3) is 6.06. The fourth-order valence-corrected chi connectivity index (χ4v) is 7.84. The highest BCUT2D eigenvalue weighted by molar-refractivity contribution is 7.14. The number of thiazole rings is 1. The van der Waals surface area contributed by atoms with Crippen LogP contribution in [-0.2, 0) is 11.4 Å². The number of aliphatic hydroxyl groups excluding tert-OH is 1. The first-order valence-corrected chi connectivity index (χ1v) is 16.0. The predicted octanol–water partition coefficient (Wildman–Crippen LogP) is 5.71. The Morgan fingerprint density at radius 3 is 2.44 bits per heavy atom. The number of ether oxygens (including phenoxy) is 1. The molecule has 43 heavy (non-hydrogen) atoms. The number of carbonyl (C=O) groups is 2. The van der Waals surface area contributed by atoms with Crippen LogP contribution in [0.4, 0.5) is 5.13 Å². The molecule has 6 rings (SSSR count). The van der Waals surface area contributed by atoms with Crippen molar-refractivity contribution in [3.8, 4) is 17.0 Å². The largest absolute Gasteiger partial charge is 0.488 e. The van der Waals surface area contributed by atoms with Gasteiger partial charge in [0.2, 0.25) is 0 Å². The predicted molar refractivity (Wildman–Crippen MR) is 168 cm³/mol. The van der Waals surface area contributed by atoms with Crippen LogP contribution in [-0.4, -0.2) is 64.3 Å². The number of carboxylic acids is 1. The summed E-state index contributed by atoms with van der Waals surface area (Å²) in [5, 5.41) is 22.3.